The van der Waals surface area contributed by atoms with E-state index in [9.17, 15) is 9.18 Å². The van der Waals surface area contributed by atoms with Crippen molar-refractivity contribution in [1.82, 2.24) is 0 Å². The number of carbonyl (C=O) groups is 1. The highest BCUT2D eigenvalue weighted by Crippen LogP contribution is 2.30. The van der Waals surface area contributed by atoms with Crippen LogP contribution >= 0.6 is 0 Å². The molecule has 4 heteroatoms. The van der Waals surface area contributed by atoms with E-state index in [2.05, 4.69) is 0 Å². The monoisotopic (exact) mass is 288 g/mol. The molecule has 0 spiro atoms. The van der Waals surface area contributed by atoms with Crippen LogP contribution in [0.3, 0.4) is 0 Å². The SMILES string of the molecule is CCc1ccc(C(=O)c2cc(OC)c(OC)cc2F)cc1. The summed E-state index contributed by atoms with van der Waals surface area (Å²) in [6.07, 6.45) is 0.888. The highest BCUT2D eigenvalue weighted by molar-refractivity contribution is 6.09. The van der Waals surface area contributed by atoms with E-state index in [0.29, 0.717) is 11.3 Å². The van der Waals surface area contributed by atoms with Crippen LogP contribution in [0, 0.1) is 5.82 Å². The van der Waals surface area contributed by atoms with Crippen molar-refractivity contribution in [1.29, 1.82) is 0 Å². The molecule has 21 heavy (non-hydrogen) atoms. The Hall–Kier alpha value is -2.36. The number of carbonyl (C=O) groups excluding carboxylic acids is 1. The molecule has 0 aliphatic carbocycles. The highest BCUT2D eigenvalue weighted by Gasteiger charge is 2.18. The Kier molecular flexibility index (Phi) is 4.58. The summed E-state index contributed by atoms with van der Waals surface area (Å²) in [7, 11) is 2.86. The van der Waals surface area contributed by atoms with Crippen molar-refractivity contribution in [3.63, 3.8) is 0 Å². The summed E-state index contributed by atoms with van der Waals surface area (Å²) >= 11 is 0. The van der Waals surface area contributed by atoms with Crippen LogP contribution in [0.2, 0.25) is 0 Å². The lowest BCUT2D eigenvalue weighted by atomic mass is 10.0. The molecule has 3 nitrogen and oxygen atoms in total. The average Bonchev–Trinajstić information content (AvgIpc) is 2.54. The first-order chi connectivity index (χ1) is 10.1. The molecule has 0 amide bonds. The van der Waals surface area contributed by atoms with Gasteiger partial charge in [-0.2, -0.15) is 0 Å². The van der Waals surface area contributed by atoms with E-state index in [1.54, 1.807) is 12.1 Å². The molecule has 0 fully saturated rings. The number of benzene rings is 2. The van der Waals surface area contributed by atoms with Gasteiger partial charge in [0, 0.05) is 11.6 Å². The standard InChI is InChI=1S/C17H17FO3/c1-4-11-5-7-12(8-6-11)17(19)13-9-15(20-2)16(21-3)10-14(13)18/h5-10H,4H2,1-3H3. The number of halogens is 1. The number of hydrogen-bond donors (Lipinski definition) is 0. The van der Waals surface area contributed by atoms with E-state index < -0.39 is 5.82 Å². The smallest absolute Gasteiger partial charge is 0.196 e. The van der Waals surface area contributed by atoms with Gasteiger partial charge in [-0.25, -0.2) is 4.39 Å². The lowest BCUT2D eigenvalue weighted by Gasteiger charge is -2.10. The minimum absolute atomic E-state index is 0.0306. The van der Waals surface area contributed by atoms with Gasteiger partial charge in [-0.15, -0.1) is 0 Å². The number of aryl methyl sites for hydroxylation is 1. The minimum Gasteiger partial charge on any atom is -0.493 e. The Bertz CT molecular complexity index is 648. The van der Waals surface area contributed by atoms with Crippen molar-refractivity contribution >= 4 is 5.78 Å². The topological polar surface area (TPSA) is 35.5 Å². The van der Waals surface area contributed by atoms with Crippen LogP contribution in [0.4, 0.5) is 4.39 Å². The van der Waals surface area contributed by atoms with Gasteiger partial charge in [-0.05, 0) is 18.1 Å². The Labute approximate surface area is 123 Å². The van der Waals surface area contributed by atoms with Crippen molar-refractivity contribution in [2.24, 2.45) is 0 Å². The Balaban J connectivity index is 2.42. The number of hydrogen-bond acceptors (Lipinski definition) is 3. The maximum absolute atomic E-state index is 14.1. The second-order valence-corrected chi connectivity index (χ2v) is 4.57. The third-order valence-corrected chi connectivity index (χ3v) is 3.34. The van der Waals surface area contributed by atoms with Crippen LogP contribution in [0.25, 0.3) is 0 Å². The van der Waals surface area contributed by atoms with Gasteiger partial charge in [0.25, 0.3) is 0 Å². The van der Waals surface area contributed by atoms with Gasteiger partial charge in [-0.1, -0.05) is 31.2 Å². The first-order valence-corrected chi connectivity index (χ1v) is 6.65. The van der Waals surface area contributed by atoms with Gasteiger partial charge in [0.05, 0.1) is 19.8 Å². The number of methoxy groups -OCH3 is 2. The molecule has 2 aromatic carbocycles. The van der Waals surface area contributed by atoms with Crippen LogP contribution < -0.4 is 9.47 Å². The molecule has 2 aromatic rings. The molecule has 0 heterocycles. The van der Waals surface area contributed by atoms with Gasteiger partial charge < -0.3 is 9.47 Å². The quantitative estimate of drug-likeness (QED) is 0.788. The minimum atomic E-state index is -0.628. The van der Waals surface area contributed by atoms with Gasteiger partial charge in [0.2, 0.25) is 0 Å². The molecule has 0 aliphatic rings. The first-order valence-electron chi connectivity index (χ1n) is 6.65. The van der Waals surface area contributed by atoms with E-state index in [1.165, 1.54) is 20.3 Å². The van der Waals surface area contributed by atoms with E-state index in [0.717, 1.165) is 18.1 Å². The predicted molar refractivity (Wildman–Crippen MR) is 78.8 cm³/mol. The van der Waals surface area contributed by atoms with E-state index in [-0.39, 0.29) is 17.1 Å². The molecular formula is C17H17FO3. The summed E-state index contributed by atoms with van der Waals surface area (Å²) in [5.41, 5.74) is 1.54. The Morgan fingerprint density at radius 2 is 1.62 bits per heavy atom. The molecule has 0 saturated carbocycles. The summed E-state index contributed by atoms with van der Waals surface area (Å²) in [6.45, 7) is 2.03. The van der Waals surface area contributed by atoms with Crippen molar-refractivity contribution < 1.29 is 18.7 Å². The zero-order chi connectivity index (χ0) is 15.4. The fourth-order valence-electron chi connectivity index (χ4n) is 2.08. The fraction of sp³-hybridized carbons (Fsp3) is 0.235. The summed E-state index contributed by atoms with van der Waals surface area (Å²) in [6, 6.07) is 9.67. The van der Waals surface area contributed by atoms with Gasteiger partial charge in [0.1, 0.15) is 5.82 Å². The second kappa shape index (κ2) is 6.39. The molecular weight excluding hydrogens is 271 g/mol. The van der Waals surface area contributed by atoms with Crippen LogP contribution in [0.15, 0.2) is 36.4 Å². The van der Waals surface area contributed by atoms with E-state index >= 15 is 0 Å². The molecule has 2 rings (SSSR count). The zero-order valence-corrected chi connectivity index (χ0v) is 12.3. The normalized spacial score (nSPS) is 10.3. The van der Waals surface area contributed by atoms with Crippen molar-refractivity contribution in [3.05, 3.63) is 58.9 Å². The van der Waals surface area contributed by atoms with Gasteiger partial charge in [-0.3, -0.25) is 4.79 Å². The highest BCUT2D eigenvalue weighted by atomic mass is 19.1. The molecule has 0 aliphatic heterocycles. The number of rotatable bonds is 5. The summed E-state index contributed by atoms with van der Waals surface area (Å²) in [4.78, 5) is 12.4. The second-order valence-electron chi connectivity index (χ2n) is 4.57. The molecule has 0 radical (unpaired) electrons. The lowest BCUT2D eigenvalue weighted by molar-refractivity contribution is 0.103. The van der Waals surface area contributed by atoms with E-state index in [1.807, 2.05) is 19.1 Å². The Morgan fingerprint density at radius 1 is 1.05 bits per heavy atom. The molecule has 0 saturated heterocycles. The number of ketones is 1. The van der Waals surface area contributed by atoms with Gasteiger partial charge >= 0.3 is 0 Å². The maximum Gasteiger partial charge on any atom is 0.196 e. The van der Waals surface area contributed by atoms with Crippen LogP contribution in [0.5, 0.6) is 11.5 Å². The summed E-state index contributed by atoms with van der Waals surface area (Å²) in [5, 5.41) is 0. The molecule has 0 atom stereocenters. The third-order valence-electron chi connectivity index (χ3n) is 3.34. The lowest BCUT2D eigenvalue weighted by Crippen LogP contribution is -2.06. The van der Waals surface area contributed by atoms with Crippen molar-refractivity contribution in [3.8, 4) is 11.5 Å². The van der Waals surface area contributed by atoms with Crippen LogP contribution in [-0.2, 0) is 6.42 Å². The fourth-order valence-corrected chi connectivity index (χ4v) is 2.08. The van der Waals surface area contributed by atoms with Crippen molar-refractivity contribution in [2.45, 2.75) is 13.3 Å². The molecule has 110 valence electrons. The first kappa shape index (κ1) is 15.0. The zero-order valence-electron chi connectivity index (χ0n) is 12.3. The molecule has 0 bridgehead atoms. The third kappa shape index (κ3) is 3.05. The number of ether oxygens (including phenoxy) is 2. The van der Waals surface area contributed by atoms with Crippen LogP contribution in [-0.4, -0.2) is 20.0 Å². The van der Waals surface area contributed by atoms with Crippen molar-refractivity contribution in [2.75, 3.05) is 14.2 Å². The van der Waals surface area contributed by atoms with Gasteiger partial charge in [0.15, 0.2) is 17.3 Å². The molecule has 0 N–H and O–H groups in total. The van der Waals surface area contributed by atoms with Crippen LogP contribution in [0.1, 0.15) is 28.4 Å². The maximum atomic E-state index is 14.1. The Morgan fingerprint density at radius 3 is 2.14 bits per heavy atom. The molecule has 0 aromatic heterocycles. The van der Waals surface area contributed by atoms with E-state index in [4.69, 9.17) is 9.47 Å². The molecule has 0 unspecified atom stereocenters. The largest absolute Gasteiger partial charge is 0.493 e. The summed E-state index contributed by atoms with van der Waals surface area (Å²) < 4.78 is 24.2. The predicted octanol–water partition coefficient (Wildman–Crippen LogP) is 3.64. The average molecular weight is 288 g/mol. The summed E-state index contributed by atoms with van der Waals surface area (Å²) in [5.74, 6) is -0.423.